The number of aromatic nitrogens is 1. The summed E-state index contributed by atoms with van der Waals surface area (Å²) in [5, 5.41) is 5.16. The van der Waals surface area contributed by atoms with E-state index in [0.717, 1.165) is 43.6 Å². The molecule has 1 radical (unpaired) electrons. The first kappa shape index (κ1) is 19.7. The number of hydrogen-bond donors (Lipinski definition) is 0. The third-order valence-corrected chi connectivity index (χ3v) is 5.52. The number of methoxy groups -OCH3 is 1. The zero-order chi connectivity index (χ0) is 20.2. The Kier molecular flexibility index (Phi) is 6.00. The Morgan fingerprint density at radius 3 is 2.93 bits per heavy atom. The molecule has 1 aliphatic rings. The summed E-state index contributed by atoms with van der Waals surface area (Å²) in [7, 11) is 1.64. The molecule has 0 saturated carbocycles. The largest absolute Gasteiger partial charge is 0.493 e. The Labute approximate surface area is 170 Å². The second kappa shape index (κ2) is 8.82. The van der Waals surface area contributed by atoms with Crippen molar-refractivity contribution in [3.8, 4) is 11.5 Å². The van der Waals surface area contributed by atoms with Gasteiger partial charge in [-0.15, -0.1) is 0 Å². The minimum atomic E-state index is -0.294. The summed E-state index contributed by atoms with van der Waals surface area (Å²) in [4.78, 5) is 2.47. The molecule has 29 heavy (non-hydrogen) atoms. The van der Waals surface area contributed by atoms with Crippen LogP contribution in [0.25, 0.3) is 11.0 Å². The summed E-state index contributed by atoms with van der Waals surface area (Å²) in [5.41, 5.74) is 1.49. The summed E-state index contributed by atoms with van der Waals surface area (Å²) >= 11 is 0. The second-order valence-electron chi connectivity index (χ2n) is 7.77. The van der Waals surface area contributed by atoms with Crippen LogP contribution in [0.15, 0.2) is 40.9 Å². The predicted octanol–water partition coefficient (Wildman–Crippen LogP) is 4.67. The summed E-state index contributed by atoms with van der Waals surface area (Å²) in [6, 6.07) is 13.3. The highest BCUT2D eigenvalue weighted by Crippen LogP contribution is 2.33. The molecule has 1 atom stereocenters. The van der Waals surface area contributed by atoms with Crippen molar-refractivity contribution >= 4 is 11.0 Å². The van der Waals surface area contributed by atoms with Crippen molar-refractivity contribution in [1.29, 1.82) is 0 Å². The summed E-state index contributed by atoms with van der Waals surface area (Å²) in [6.45, 7) is 5.81. The SMILES string of the molecule is COc1ccc[c]c1OCC(C)CN1CCC(c2noc3cc(F)ccc23)CC1. The minimum Gasteiger partial charge on any atom is -0.493 e. The first-order chi connectivity index (χ1) is 14.1. The van der Waals surface area contributed by atoms with Gasteiger partial charge in [0.2, 0.25) is 0 Å². The highest BCUT2D eigenvalue weighted by atomic mass is 19.1. The van der Waals surface area contributed by atoms with Crippen LogP contribution < -0.4 is 9.47 Å². The number of benzene rings is 2. The molecule has 1 saturated heterocycles. The Balaban J connectivity index is 1.28. The molecule has 6 heteroatoms. The van der Waals surface area contributed by atoms with Crippen LogP contribution in [0.3, 0.4) is 0 Å². The normalized spacial score (nSPS) is 16.8. The van der Waals surface area contributed by atoms with Gasteiger partial charge in [-0.2, -0.15) is 0 Å². The number of rotatable bonds is 7. The van der Waals surface area contributed by atoms with Crippen LogP contribution in [0, 0.1) is 17.8 Å². The number of halogens is 1. The zero-order valence-corrected chi connectivity index (χ0v) is 16.9. The van der Waals surface area contributed by atoms with E-state index < -0.39 is 0 Å². The van der Waals surface area contributed by atoms with Crippen LogP contribution in [0.1, 0.15) is 31.4 Å². The third kappa shape index (κ3) is 4.53. The van der Waals surface area contributed by atoms with E-state index in [4.69, 9.17) is 14.0 Å². The number of ether oxygens (including phenoxy) is 2. The van der Waals surface area contributed by atoms with Crippen LogP contribution >= 0.6 is 0 Å². The highest BCUT2D eigenvalue weighted by molar-refractivity contribution is 5.79. The summed E-state index contributed by atoms with van der Waals surface area (Å²) < 4.78 is 29.9. The number of nitrogens with zero attached hydrogens (tertiary/aromatic N) is 2. The van der Waals surface area contributed by atoms with Gasteiger partial charge in [-0.25, -0.2) is 4.39 Å². The molecular weight excluding hydrogens is 371 g/mol. The lowest BCUT2D eigenvalue weighted by Crippen LogP contribution is -2.37. The van der Waals surface area contributed by atoms with Crippen molar-refractivity contribution in [3.05, 3.63) is 54.0 Å². The summed E-state index contributed by atoms with van der Waals surface area (Å²) in [5.74, 6) is 1.82. The number of para-hydroxylation sites is 1. The fourth-order valence-electron chi connectivity index (χ4n) is 4.01. The molecule has 0 aliphatic carbocycles. The Hall–Kier alpha value is -2.60. The lowest BCUT2D eigenvalue weighted by atomic mass is 9.91. The quantitative estimate of drug-likeness (QED) is 0.580. The molecule has 1 aromatic heterocycles. The van der Waals surface area contributed by atoms with E-state index in [1.54, 1.807) is 13.2 Å². The highest BCUT2D eigenvalue weighted by Gasteiger charge is 2.26. The molecule has 2 aromatic carbocycles. The van der Waals surface area contributed by atoms with Crippen molar-refractivity contribution < 1.29 is 18.4 Å². The molecule has 3 aromatic rings. The van der Waals surface area contributed by atoms with Crippen LogP contribution in [-0.2, 0) is 0 Å². The van der Waals surface area contributed by atoms with Crippen molar-refractivity contribution in [2.45, 2.75) is 25.7 Å². The number of likely N-dealkylation sites (tertiary alicyclic amines) is 1. The molecule has 1 unspecified atom stereocenters. The first-order valence-electron chi connectivity index (χ1n) is 10.1. The topological polar surface area (TPSA) is 47.7 Å². The standard InChI is InChI=1S/C23H26FN2O3/c1-16(15-28-21-6-4-3-5-20(21)27-2)14-26-11-9-17(10-12-26)23-19-8-7-18(24)13-22(19)29-25-23/h3-5,7-8,13,16-17H,9-12,14-15H2,1-2H3. The van der Waals surface area contributed by atoms with E-state index in [-0.39, 0.29) is 5.82 Å². The molecule has 0 spiro atoms. The van der Waals surface area contributed by atoms with Crippen molar-refractivity contribution in [3.63, 3.8) is 0 Å². The predicted molar refractivity (Wildman–Crippen MR) is 109 cm³/mol. The molecule has 4 rings (SSSR count). The molecule has 153 valence electrons. The van der Waals surface area contributed by atoms with Crippen LogP contribution in [-0.4, -0.2) is 43.4 Å². The van der Waals surface area contributed by atoms with E-state index in [2.05, 4.69) is 23.0 Å². The molecular formula is C23H26FN2O3. The molecule has 5 nitrogen and oxygen atoms in total. The maximum Gasteiger partial charge on any atom is 0.170 e. The second-order valence-corrected chi connectivity index (χ2v) is 7.77. The van der Waals surface area contributed by atoms with Gasteiger partial charge in [-0.05, 0) is 44.1 Å². The Morgan fingerprint density at radius 1 is 1.31 bits per heavy atom. The number of fused-ring (bicyclic) bond motifs is 1. The zero-order valence-electron chi connectivity index (χ0n) is 16.9. The van der Waals surface area contributed by atoms with Gasteiger partial charge < -0.3 is 18.9 Å². The van der Waals surface area contributed by atoms with Crippen molar-refractivity contribution in [2.75, 3.05) is 33.4 Å². The van der Waals surface area contributed by atoms with E-state index in [1.807, 2.05) is 18.2 Å². The number of piperidine rings is 1. The van der Waals surface area contributed by atoms with Gasteiger partial charge in [0.15, 0.2) is 17.1 Å². The molecule has 0 amide bonds. The molecule has 1 aliphatic heterocycles. The van der Waals surface area contributed by atoms with Gasteiger partial charge in [0, 0.05) is 35.9 Å². The number of hydrogen-bond acceptors (Lipinski definition) is 5. The molecule has 2 heterocycles. The van der Waals surface area contributed by atoms with Gasteiger partial charge >= 0.3 is 0 Å². The smallest absolute Gasteiger partial charge is 0.170 e. The molecule has 0 bridgehead atoms. The van der Waals surface area contributed by atoms with E-state index in [9.17, 15) is 4.39 Å². The van der Waals surface area contributed by atoms with Crippen LogP contribution in [0.4, 0.5) is 4.39 Å². The molecule has 1 fully saturated rings. The van der Waals surface area contributed by atoms with E-state index in [1.165, 1.54) is 12.1 Å². The van der Waals surface area contributed by atoms with Crippen molar-refractivity contribution in [1.82, 2.24) is 10.1 Å². The van der Waals surface area contributed by atoms with Crippen LogP contribution in [0.5, 0.6) is 11.5 Å². The van der Waals surface area contributed by atoms with E-state index >= 15 is 0 Å². The lowest BCUT2D eigenvalue weighted by molar-refractivity contribution is 0.154. The van der Waals surface area contributed by atoms with E-state index in [0.29, 0.717) is 35.5 Å². The monoisotopic (exact) mass is 397 g/mol. The first-order valence-corrected chi connectivity index (χ1v) is 10.1. The lowest BCUT2D eigenvalue weighted by Gasteiger charge is -2.32. The van der Waals surface area contributed by atoms with Gasteiger partial charge in [0.25, 0.3) is 0 Å². The average molecular weight is 397 g/mol. The fraction of sp³-hybridized carbons (Fsp3) is 0.435. The minimum absolute atomic E-state index is 0.294. The van der Waals surface area contributed by atoms with Gasteiger partial charge in [0.05, 0.1) is 19.4 Å². The maximum atomic E-state index is 13.4. The molecule has 0 N–H and O–H groups in total. The van der Waals surface area contributed by atoms with Gasteiger partial charge in [-0.1, -0.05) is 24.2 Å². The summed E-state index contributed by atoms with van der Waals surface area (Å²) in [6.07, 6.45) is 2.04. The van der Waals surface area contributed by atoms with Crippen LogP contribution in [0.2, 0.25) is 0 Å². The Morgan fingerprint density at radius 2 is 2.14 bits per heavy atom. The fourth-order valence-corrected chi connectivity index (χ4v) is 4.01. The average Bonchev–Trinajstić information content (AvgIpc) is 3.16. The van der Waals surface area contributed by atoms with Crippen molar-refractivity contribution in [2.24, 2.45) is 5.92 Å². The Bertz CT molecular complexity index is 950. The maximum absolute atomic E-state index is 13.4. The third-order valence-electron chi connectivity index (χ3n) is 5.52. The van der Waals surface area contributed by atoms with Gasteiger partial charge in [-0.3, -0.25) is 0 Å². The van der Waals surface area contributed by atoms with Gasteiger partial charge in [0.1, 0.15) is 5.82 Å².